The molecule has 18 heavy (non-hydrogen) atoms. The summed E-state index contributed by atoms with van der Waals surface area (Å²) in [4.78, 5) is 3.36. The summed E-state index contributed by atoms with van der Waals surface area (Å²) in [6, 6.07) is 0. The molecule has 0 unspecified atom stereocenters. The SMILES string of the molecule is CC[NH+](CC)CC.CC[NH+](CC)CC.[Be+2].[Cl-].[Cl-].[Cl-]. The van der Waals surface area contributed by atoms with Crippen LogP contribution < -0.4 is 47.0 Å². The number of quaternary nitrogens is 2. The molecule has 0 rings (SSSR count). The van der Waals surface area contributed by atoms with Crippen molar-refractivity contribution in [2.45, 2.75) is 41.5 Å². The van der Waals surface area contributed by atoms with E-state index in [1.54, 1.807) is 9.80 Å². The average Bonchev–Trinajstić information content (AvgIpc) is 2.24. The molecule has 0 aliphatic heterocycles. The fourth-order valence-electron chi connectivity index (χ4n) is 1.50. The zero-order chi connectivity index (χ0) is 11.4. The zero-order valence-electron chi connectivity index (χ0n) is 13.1. The Morgan fingerprint density at radius 1 is 0.444 bits per heavy atom. The molecule has 0 spiro atoms. The molecule has 0 atom stereocenters. The molecule has 0 amide bonds. The third-order valence-corrected chi connectivity index (χ3v) is 3.00. The fourth-order valence-corrected chi connectivity index (χ4v) is 1.50. The van der Waals surface area contributed by atoms with Gasteiger partial charge in [-0.25, -0.2) is 0 Å². The maximum atomic E-state index is 2.22. The molecule has 0 bridgehead atoms. The van der Waals surface area contributed by atoms with Crippen molar-refractivity contribution in [3.63, 3.8) is 0 Å². The van der Waals surface area contributed by atoms with Crippen molar-refractivity contribution >= 4 is 10.1 Å². The van der Waals surface area contributed by atoms with E-state index in [2.05, 4.69) is 41.5 Å². The van der Waals surface area contributed by atoms with Crippen LogP contribution >= 0.6 is 0 Å². The quantitative estimate of drug-likeness (QED) is 0.450. The molecule has 0 fully saturated rings. The second-order valence-electron chi connectivity index (χ2n) is 3.62. The van der Waals surface area contributed by atoms with Crippen LogP contribution in [0.2, 0.25) is 0 Å². The second-order valence-corrected chi connectivity index (χ2v) is 3.62. The molecule has 0 aromatic carbocycles. The van der Waals surface area contributed by atoms with Gasteiger partial charge in [-0.05, 0) is 41.5 Å². The molecule has 0 saturated heterocycles. The Labute approximate surface area is 138 Å². The first-order chi connectivity index (χ1) is 6.69. The smallest absolute Gasteiger partial charge is 1.00 e. The Morgan fingerprint density at radius 3 is 0.556 bits per heavy atom. The fraction of sp³-hybridized carbons (Fsp3) is 1.00. The van der Waals surface area contributed by atoms with Gasteiger partial charge < -0.3 is 47.0 Å². The number of hydrogen-bond acceptors (Lipinski definition) is 0. The summed E-state index contributed by atoms with van der Waals surface area (Å²) in [5.41, 5.74) is 0. The van der Waals surface area contributed by atoms with Gasteiger partial charge >= 0.3 is 10.1 Å². The van der Waals surface area contributed by atoms with Crippen molar-refractivity contribution in [1.82, 2.24) is 0 Å². The van der Waals surface area contributed by atoms with Crippen LogP contribution in [0.5, 0.6) is 0 Å². The molecule has 6 heteroatoms. The standard InChI is InChI=1S/2C6H15N.Be.3ClH/c2*1-4-7(5-2)6-3;;;;/h2*4-6H2,1-3H3;;3*1H/q;;+2;;;/p-1. The molecular formula is C12H32BeCl3N2+. The van der Waals surface area contributed by atoms with Crippen LogP contribution in [0, 0.1) is 0 Å². The van der Waals surface area contributed by atoms with Gasteiger partial charge in [0.15, 0.2) is 0 Å². The Bertz CT molecular complexity index is 80.3. The molecule has 0 aliphatic carbocycles. The number of hydrogen-bond donors (Lipinski definition) is 2. The molecule has 2 nitrogen and oxygen atoms in total. The predicted octanol–water partition coefficient (Wildman–Crippen LogP) is -9.51. The normalized spacial score (nSPS) is 8.00. The van der Waals surface area contributed by atoms with Gasteiger partial charge in [0.25, 0.3) is 0 Å². The van der Waals surface area contributed by atoms with E-state index in [0.717, 1.165) is 0 Å². The van der Waals surface area contributed by atoms with Crippen LogP contribution in [0.25, 0.3) is 0 Å². The van der Waals surface area contributed by atoms with Gasteiger partial charge in [0.05, 0.1) is 39.3 Å². The predicted molar refractivity (Wildman–Crippen MR) is 70.9 cm³/mol. The van der Waals surface area contributed by atoms with Crippen LogP contribution in [0.15, 0.2) is 0 Å². The summed E-state index contributed by atoms with van der Waals surface area (Å²) in [6.07, 6.45) is 0. The Balaban J connectivity index is -0.0000000327. The van der Waals surface area contributed by atoms with Crippen LogP contribution in [0.1, 0.15) is 41.5 Å². The molecule has 0 radical (unpaired) electrons. The van der Waals surface area contributed by atoms with Gasteiger partial charge in [-0.3, -0.25) is 0 Å². The molecule has 0 aromatic heterocycles. The second kappa shape index (κ2) is 30.8. The van der Waals surface area contributed by atoms with E-state index in [9.17, 15) is 0 Å². The van der Waals surface area contributed by atoms with Crippen molar-refractivity contribution in [1.29, 1.82) is 0 Å². The first kappa shape index (κ1) is 36.4. The minimum atomic E-state index is 0. The first-order valence-electron chi connectivity index (χ1n) is 6.36. The van der Waals surface area contributed by atoms with Gasteiger partial charge in [-0.2, -0.15) is 0 Å². The van der Waals surface area contributed by atoms with Gasteiger partial charge in [-0.1, -0.05) is 0 Å². The summed E-state index contributed by atoms with van der Waals surface area (Å²) in [7, 11) is 0. The van der Waals surface area contributed by atoms with Crippen LogP contribution in [-0.2, 0) is 0 Å². The van der Waals surface area contributed by atoms with E-state index < -0.39 is 0 Å². The van der Waals surface area contributed by atoms with Crippen LogP contribution in [-0.4, -0.2) is 49.4 Å². The minimum absolute atomic E-state index is 0. The summed E-state index contributed by atoms with van der Waals surface area (Å²) in [5, 5.41) is 0. The molecule has 2 N–H and O–H groups in total. The molecule has 0 aromatic rings. The van der Waals surface area contributed by atoms with Crippen LogP contribution in [0.3, 0.4) is 0 Å². The topological polar surface area (TPSA) is 8.88 Å². The van der Waals surface area contributed by atoms with E-state index in [1.165, 1.54) is 39.3 Å². The van der Waals surface area contributed by atoms with E-state index in [1.807, 2.05) is 0 Å². The third kappa shape index (κ3) is 25.7. The maximum Gasteiger partial charge on any atom is 2.00 e. The van der Waals surface area contributed by atoms with Gasteiger partial charge in [0, 0.05) is 0 Å². The summed E-state index contributed by atoms with van der Waals surface area (Å²) in [5.74, 6) is 0. The van der Waals surface area contributed by atoms with E-state index >= 15 is 0 Å². The summed E-state index contributed by atoms with van der Waals surface area (Å²) < 4.78 is 0. The van der Waals surface area contributed by atoms with Crippen LogP contribution in [0.4, 0.5) is 0 Å². The Hall–Kier alpha value is 0.959. The monoisotopic (exact) mass is 318 g/mol. The van der Waals surface area contributed by atoms with E-state index in [0.29, 0.717) is 0 Å². The van der Waals surface area contributed by atoms with Gasteiger partial charge in [0.2, 0.25) is 0 Å². The largest absolute Gasteiger partial charge is 2.00 e. The summed E-state index contributed by atoms with van der Waals surface area (Å²) in [6.45, 7) is 21.0. The average molecular weight is 320 g/mol. The van der Waals surface area contributed by atoms with Crippen molar-refractivity contribution in [3.05, 3.63) is 0 Å². The van der Waals surface area contributed by atoms with E-state index in [4.69, 9.17) is 0 Å². The molecule has 0 saturated carbocycles. The minimum Gasteiger partial charge on any atom is -1.00 e. The van der Waals surface area contributed by atoms with Crippen molar-refractivity contribution in [2.24, 2.45) is 0 Å². The van der Waals surface area contributed by atoms with Gasteiger partial charge in [-0.15, -0.1) is 0 Å². The van der Waals surface area contributed by atoms with Crippen molar-refractivity contribution in [2.75, 3.05) is 39.3 Å². The molecule has 112 valence electrons. The van der Waals surface area contributed by atoms with Gasteiger partial charge in [0.1, 0.15) is 0 Å². The number of nitrogens with one attached hydrogen (secondary N) is 2. The third-order valence-electron chi connectivity index (χ3n) is 3.00. The van der Waals surface area contributed by atoms with E-state index in [-0.39, 0.29) is 47.3 Å². The number of halogens is 3. The Kier molecular flexibility index (Phi) is 62.2. The molecule has 0 heterocycles. The van der Waals surface area contributed by atoms with Crippen molar-refractivity contribution in [3.8, 4) is 0 Å². The molecular weight excluding hydrogens is 288 g/mol. The maximum absolute atomic E-state index is 2.22. The molecule has 0 aliphatic rings. The zero-order valence-corrected chi connectivity index (χ0v) is 15.4. The summed E-state index contributed by atoms with van der Waals surface area (Å²) >= 11 is 0. The number of rotatable bonds is 6. The Morgan fingerprint density at radius 2 is 0.556 bits per heavy atom. The van der Waals surface area contributed by atoms with Crippen molar-refractivity contribution < 1.29 is 47.0 Å². The first-order valence-corrected chi connectivity index (χ1v) is 6.36.